The molecular formula is C14H18Cl2N2O3S. The van der Waals surface area contributed by atoms with Crippen molar-refractivity contribution < 1.29 is 14.7 Å². The van der Waals surface area contributed by atoms with Crippen LogP contribution in [0.5, 0.6) is 0 Å². The third-order valence-electron chi connectivity index (χ3n) is 2.80. The normalized spacial score (nSPS) is 10.3. The Morgan fingerprint density at radius 2 is 2.09 bits per heavy atom. The molecular weight excluding hydrogens is 347 g/mol. The summed E-state index contributed by atoms with van der Waals surface area (Å²) in [6, 6.07) is 5.11. The van der Waals surface area contributed by atoms with Gasteiger partial charge in [-0.3, -0.25) is 4.79 Å². The average molecular weight is 365 g/mol. The molecule has 0 spiro atoms. The van der Waals surface area contributed by atoms with Crippen LogP contribution in [0.4, 0.5) is 4.79 Å². The van der Waals surface area contributed by atoms with Crippen molar-refractivity contribution >= 4 is 47.0 Å². The van der Waals surface area contributed by atoms with Crippen molar-refractivity contribution in [1.82, 2.24) is 10.2 Å². The van der Waals surface area contributed by atoms with E-state index in [-0.39, 0.29) is 19.0 Å². The van der Waals surface area contributed by atoms with Crippen LogP contribution in [0.15, 0.2) is 18.2 Å². The highest BCUT2D eigenvalue weighted by Crippen LogP contribution is 2.24. The van der Waals surface area contributed by atoms with Gasteiger partial charge in [0.1, 0.15) is 0 Å². The first-order chi connectivity index (χ1) is 10.4. The number of carboxylic acids is 1. The Labute approximate surface area is 144 Å². The summed E-state index contributed by atoms with van der Waals surface area (Å²) in [5.41, 5.74) is 1.00. The molecule has 1 rings (SSSR count). The van der Waals surface area contributed by atoms with Gasteiger partial charge in [-0.1, -0.05) is 29.3 Å². The minimum atomic E-state index is -0.921. The maximum absolute atomic E-state index is 11.7. The molecule has 22 heavy (non-hydrogen) atoms. The van der Waals surface area contributed by atoms with Crippen LogP contribution in [0, 0.1) is 0 Å². The fourth-order valence-corrected chi connectivity index (χ4v) is 2.97. The van der Waals surface area contributed by atoms with Gasteiger partial charge in [-0.2, -0.15) is 11.8 Å². The standard InChI is InChI=1S/C14H18Cl2N2O3S/c1-18(6-4-13(19)20)14(21)17-5-7-22-9-10-2-3-11(15)8-12(10)16/h2-3,8H,4-7,9H2,1H3,(H,17,21)(H,19,20). The summed E-state index contributed by atoms with van der Waals surface area (Å²) in [5, 5.41) is 12.5. The van der Waals surface area contributed by atoms with Crippen LogP contribution in [-0.4, -0.2) is 47.9 Å². The first kappa shape index (κ1) is 18.9. The Hall–Kier alpha value is -1.11. The van der Waals surface area contributed by atoms with E-state index >= 15 is 0 Å². The van der Waals surface area contributed by atoms with E-state index in [2.05, 4.69) is 5.32 Å². The molecule has 0 bridgehead atoms. The predicted molar refractivity (Wildman–Crippen MR) is 90.9 cm³/mol. The van der Waals surface area contributed by atoms with Crippen LogP contribution in [0.3, 0.4) is 0 Å². The molecule has 0 saturated carbocycles. The van der Waals surface area contributed by atoms with Crippen LogP contribution >= 0.6 is 35.0 Å². The minimum Gasteiger partial charge on any atom is -0.481 e. The number of thioether (sulfide) groups is 1. The lowest BCUT2D eigenvalue weighted by atomic mass is 10.2. The van der Waals surface area contributed by atoms with Gasteiger partial charge < -0.3 is 15.3 Å². The summed E-state index contributed by atoms with van der Waals surface area (Å²) >= 11 is 13.5. The zero-order chi connectivity index (χ0) is 16.5. The summed E-state index contributed by atoms with van der Waals surface area (Å²) in [4.78, 5) is 23.4. The van der Waals surface area contributed by atoms with Gasteiger partial charge in [-0.25, -0.2) is 4.79 Å². The molecule has 0 aliphatic heterocycles. The summed E-state index contributed by atoms with van der Waals surface area (Å²) < 4.78 is 0. The number of carbonyl (C=O) groups excluding carboxylic acids is 1. The smallest absolute Gasteiger partial charge is 0.317 e. The largest absolute Gasteiger partial charge is 0.481 e. The van der Waals surface area contributed by atoms with Crippen molar-refractivity contribution in [2.24, 2.45) is 0 Å². The monoisotopic (exact) mass is 364 g/mol. The van der Waals surface area contributed by atoms with Crippen molar-refractivity contribution in [1.29, 1.82) is 0 Å². The number of nitrogens with one attached hydrogen (secondary N) is 1. The number of amides is 2. The Morgan fingerprint density at radius 3 is 2.73 bits per heavy atom. The molecule has 5 nitrogen and oxygen atoms in total. The predicted octanol–water partition coefficient (Wildman–Crippen LogP) is 3.34. The number of halogens is 2. The molecule has 122 valence electrons. The van der Waals surface area contributed by atoms with E-state index < -0.39 is 5.97 Å². The Bertz CT molecular complexity index is 529. The highest BCUT2D eigenvalue weighted by molar-refractivity contribution is 7.98. The lowest BCUT2D eigenvalue weighted by molar-refractivity contribution is -0.137. The van der Waals surface area contributed by atoms with Crippen molar-refractivity contribution in [3.63, 3.8) is 0 Å². The minimum absolute atomic E-state index is 0.0618. The number of hydrogen-bond donors (Lipinski definition) is 2. The van der Waals surface area contributed by atoms with Crippen LogP contribution in [-0.2, 0) is 10.5 Å². The third kappa shape index (κ3) is 7.24. The van der Waals surface area contributed by atoms with Crippen LogP contribution in [0.1, 0.15) is 12.0 Å². The van der Waals surface area contributed by atoms with Crippen LogP contribution in [0.2, 0.25) is 10.0 Å². The summed E-state index contributed by atoms with van der Waals surface area (Å²) in [7, 11) is 1.57. The summed E-state index contributed by atoms with van der Waals surface area (Å²) in [5.74, 6) is 0.549. The molecule has 0 fully saturated rings. The van der Waals surface area contributed by atoms with Gasteiger partial charge in [0.25, 0.3) is 0 Å². The molecule has 8 heteroatoms. The third-order valence-corrected chi connectivity index (χ3v) is 4.40. The number of carbonyl (C=O) groups is 2. The SMILES string of the molecule is CN(CCC(=O)O)C(=O)NCCSCc1ccc(Cl)cc1Cl. The number of hydrogen-bond acceptors (Lipinski definition) is 3. The van der Waals surface area contributed by atoms with E-state index in [4.69, 9.17) is 28.3 Å². The highest BCUT2D eigenvalue weighted by Gasteiger charge is 2.09. The number of rotatable bonds is 8. The second-order valence-corrected chi connectivity index (χ2v) is 6.53. The number of aliphatic carboxylic acids is 1. The first-order valence-electron chi connectivity index (χ1n) is 6.62. The van der Waals surface area contributed by atoms with Crippen molar-refractivity contribution in [3.8, 4) is 0 Å². The summed E-state index contributed by atoms with van der Waals surface area (Å²) in [6.07, 6.45) is -0.0618. The molecule has 0 heterocycles. The van der Waals surface area contributed by atoms with Gasteiger partial charge in [-0.15, -0.1) is 0 Å². The molecule has 2 N–H and O–H groups in total. The van der Waals surface area contributed by atoms with Gasteiger partial charge in [0.2, 0.25) is 0 Å². The van der Waals surface area contributed by atoms with E-state index in [1.165, 1.54) is 4.90 Å². The first-order valence-corrected chi connectivity index (χ1v) is 8.53. The van der Waals surface area contributed by atoms with E-state index in [9.17, 15) is 9.59 Å². The van der Waals surface area contributed by atoms with E-state index in [1.54, 1.807) is 30.9 Å². The van der Waals surface area contributed by atoms with E-state index in [1.807, 2.05) is 6.07 Å². The Balaban J connectivity index is 2.19. The second-order valence-electron chi connectivity index (χ2n) is 4.59. The molecule has 0 radical (unpaired) electrons. The molecule has 0 saturated heterocycles. The van der Waals surface area contributed by atoms with Crippen molar-refractivity contribution in [2.75, 3.05) is 25.9 Å². The van der Waals surface area contributed by atoms with Crippen LogP contribution < -0.4 is 5.32 Å². The lowest BCUT2D eigenvalue weighted by Gasteiger charge is -2.16. The number of nitrogens with zero attached hydrogens (tertiary/aromatic N) is 1. The van der Waals surface area contributed by atoms with Crippen molar-refractivity contribution in [3.05, 3.63) is 33.8 Å². The Morgan fingerprint density at radius 1 is 1.36 bits per heavy atom. The molecule has 0 atom stereocenters. The Kier molecular flexibility index (Phi) is 8.45. The molecule has 0 unspecified atom stereocenters. The quantitative estimate of drug-likeness (QED) is 0.694. The van der Waals surface area contributed by atoms with Gasteiger partial charge in [0.05, 0.1) is 6.42 Å². The highest BCUT2D eigenvalue weighted by atomic mass is 35.5. The van der Waals surface area contributed by atoms with Crippen LogP contribution in [0.25, 0.3) is 0 Å². The lowest BCUT2D eigenvalue weighted by Crippen LogP contribution is -2.39. The maximum atomic E-state index is 11.7. The molecule has 0 aliphatic carbocycles. The maximum Gasteiger partial charge on any atom is 0.317 e. The van der Waals surface area contributed by atoms with Crippen molar-refractivity contribution in [2.45, 2.75) is 12.2 Å². The number of urea groups is 1. The summed E-state index contributed by atoms with van der Waals surface area (Å²) in [6.45, 7) is 0.695. The topological polar surface area (TPSA) is 69.6 Å². The molecule has 1 aromatic carbocycles. The zero-order valence-electron chi connectivity index (χ0n) is 12.1. The van der Waals surface area contributed by atoms with Gasteiger partial charge >= 0.3 is 12.0 Å². The second kappa shape index (κ2) is 9.82. The van der Waals surface area contributed by atoms with Gasteiger partial charge in [0, 0.05) is 41.7 Å². The van der Waals surface area contributed by atoms with Gasteiger partial charge in [-0.05, 0) is 17.7 Å². The zero-order valence-corrected chi connectivity index (χ0v) is 14.5. The number of carboxylic acid groups (broad SMARTS) is 1. The van der Waals surface area contributed by atoms with E-state index in [0.717, 1.165) is 17.1 Å². The fraction of sp³-hybridized carbons (Fsp3) is 0.429. The van der Waals surface area contributed by atoms with E-state index in [0.29, 0.717) is 16.6 Å². The average Bonchev–Trinajstić information content (AvgIpc) is 2.46. The molecule has 0 aliphatic rings. The number of benzene rings is 1. The molecule has 1 aromatic rings. The van der Waals surface area contributed by atoms with Gasteiger partial charge in [0.15, 0.2) is 0 Å². The molecule has 2 amide bonds. The molecule has 0 aromatic heterocycles. The fourth-order valence-electron chi connectivity index (χ4n) is 1.55.